The molecule has 0 spiro atoms. The predicted molar refractivity (Wildman–Crippen MR) is 111 cm³/mol. The predicted octanol–water partition coefficient (Wildman–Crippen LogP) is 3.71. The van der Waals surface area contributed by atoms with Crippen LogP contribution in [0.4, 0.5) is 0 Å². The molecule has 3 N–H and O–H groups in total. The number of halogens is 1. The first-order chi connectivity index (χ1) is 11.3. The quantitative estimate of drug-likeness (QED) is 0.271. The van der Waals surface area contributed by atoms with E-state index in [1.165, 1.54) is 5.56 Å². The summed E-state index contributed by atoms with van der Waals surface area (Å²) < 4.78 is 5.64. The number of nitrogens with zero attached hydrogens (tertiary/aromatic N) is 1. The molecule has 0 radical (unpaired) electrons. The van der Waals surface area contributed by atoms with Crippen LogP contribution in [0.3, 0.4) is 0 Å². The molecular formula is C19H26IN3O. The van der Waals surface area contributed by atoms with E-state index in [2.05, 4.69) is 22.4 Å². The maximum Gasteiger partial charge on any atom is 0.188 e. The fourth-order valence-electron chi connectivity index (χ4n) is 2.13. The molecule has 0 unspecified atom stereocenters. The molecule has 0 saturated heterocycles. The zero-order valence-electron chi connectivity index (χ0n) is 13.9. The van der Waals surface area contributed by atoms with Crippen LogP contribution in [0.25, 0.3) is 0 Å². The Hall–Kier alpha value is -1.60. The van der Waals surface area contributed by atoms with E-state index in [0.29, 0.717) is 19.1 Å². The Balaban J connectivity index is 0.00000288. The van der Waals surface area contributed by atoms with Gasteiger partial charge in [-0.05, 0) is 24.0 Å². The van der Waals surface area contributed by atoms with E-state index in [9.17, 15) is 0 Å². The molecule has 0 aliphatic carbocycles. The van der Waals surface area contributed by atoms with Gasteiger partial charge in [-0.15, -0.1) is 24.0 Å². The van der Waals surface area contributed by atoms with Gasteiger partial charge in [0.15, 0.2) is 5.96 Å². The van der Waals surface area contributed by atoms with Crippen LogP contribution in [-0.4, -0.2) is 19.1 Å². The molecule has 2 aromatic rings. The Bertz CT molecular complexity index is 576. The van der Waals surface area contributed by atoms with Crippen molar-refractivity contribution in [1.29, 1.82) is 0 Å². The minimum Gasteiger partial charge on any atom is -0.377 e. The number of aliphatic imine (C=N–C) groups is 1. The minimum absolute atomic E-state index is 0. The van der Waals surface area contributed by atoms with Crippen LogP contribution in [0, 0.1) is 0 Å². The molecule has 0 fully saturated rings. The SMILES string of the molecule is I.NC(=NCc1ccccc1)NCCCCOCc1ccccc1. The summed E-state index contributed by atoms with van der Waals surface area (Å²) in [7, 11) is 0. The Morgan fingerprint density at radius 3 is 2.21 bits per heavy atom. The number of hydrogen-bond acceptors (Lipinski definition) is 2. The number of hydrogen-bond donors (Lipinski definition) is 2. The zero-order valence-corrected chi connectivity index (χ0v) is 16.2. The lowest BCUT2D eigenvalue weighted by Crippen LogP contribution is -2.32. The lowest BCUT2D eigenvalue weighted by atomic mass is 10.2. The van der Waals surface area contributed by atoms with E-state index >= 15 is 0 Å². The third-order valence-electron chi connectivity index (χ3n) is 3.41. The van der Waals surface area contributed by atoms with Crippen LogP contribution in [0.2, 0.25) is 0 Å². The number of ether oxygens (including phenoxy) is 1. The number of unbranched alkanes of at least 4 members (excludes halogenated alkanes) is 1. The van der Waals surface area contributed by atoms with Gasteiger partial charge in [-0.2, -0.15) is 0 Å². The minimum atomic E-state index is 0. The van der Waals surface area contributed by atoms with Crippen molar-refractivity contribution in [3.05, 3.63) is 71.8 Å². The average Bonchev–Trinajstić information content (AvgIpc) is 2.61. The molecule has 5 heteroatoms. The highest BCUT2D eigenvalue weighted by Gasteiger charge is 1.95. The summed E-state index contributed by atoms with van der Waals surface area (Å²) in [6.45, 7) is 2.87. The van der Waals surface area contributed by atoms with Gasteiger partial charge in [0.2, 0.25) is 0 Å². The standard InChI is InChI=1S/C19H25N3O.HI/c20-19(22-15-17-9-3-1-4-10-17)21-13-7-8-14-23-16-18-11-5-2-6-12-18;/h1-6,9-12H,7-8,13-16H2,(H3,20,21,22);1H. The molecule has 130 valence electrons. The third kappa shape index (κ3) is 8.88. The van der Waals surface area contributed by atoms with Gasteiger partial charge in [-0.3, -0.25) is 0 Å². The second-order valence-electron chi connectivity index (χ2n) is 5.36. The monoisotopic (exact) mass is 439 g/mol. The third-order valence-corrected chi connectivity index (χ3v) is 3.41. The van der Waals surface area contributed by atoms with Crippen LogP contribution in [0.1, 0.15) is 24.0 Å². The summed E-state index contributed by atoms with van der Waals surface area (Å²) >= 11 is 0. The first-order valence-electron chi connectivity index (χ1n) is 8.04. The van der Waals surface area contributed by atoms with Gasteiger partial charge in [0, 0.05) is 13.2 Å². The van der Waals surface area contributed by atoms with E-state index in [4.69, 9.17) is 10.5 Å². The van der Waals surface area contributed by atoms with Gasteiger partial charge in [-0.25, -0.2) is 4.99 Å². The molecule has 0 aliphatic rings. The van der Waals surface area contributed by atoms with Crippen molar-refractivity contribution in [1.82, 2.24) is 5.32 Å². The molecular weight excluding hydrogens is 413 g/mol. The molecule has 0 aliphatic heterocycles. The van der Waals surface area contributed by atoms with Crippen molar-refractivity contribution >= 4 is 29.9 Å². The number of nitrogens with two attached hydrogens (primary N) is 1. The summed E-state index contributed by atoms with van der Waals surface area (Å²) in [4.78, 5) is 4.32. The molecule has 2 rings (SSSR count). The van der Waals surface area contributed by atoms with Gasteiger partial charge < -0.3 is 15.8 Å². The summed E-state index contributed by atoms with van der Waals surface area (Å²) in [6.07, 6.45) is 2.02. The normalized spacial score (nSPS) is 10.9. The average molecular weight is 439 g/mol. The zero-order chi connectivity index (χ0) is 16.2. The number of nitrogens with one attached hydrogen (secondary N) is 1. The molecule has 0 aromatic heterocycles. The lowest BCUT2D eigenvalue weighted by molar-refractivity contribution is 0.117. The summed E-state index contributed by atoms with van der Waals surface area (Å²) in [5, 5.41) is 3.13. The van der Waals surface area contributed by atoms with E-state index in [1.807, 2.05) is 48.5 Å². The smallest absolute Gasteiger partial charge is 0.188 e. The van der Waals surface area contributed by atoms with Crippen molar-refractivity contribution in [2.24, 2.45) is 10.7 Å². The number of rotatable bonds is 9. The van der Waals surface area contributed by atoms with Crippen molar-refractivity contribution in [3.8, 4) is 0 Å². The molecule has 2 aromatic carbocycles. The maximum absolute atomic E-state index is 5.85. The molecule has 4 nitrogen and oxygen atoms in total. The fourth-order valence-corrected chi connectivity index (χ4v) is 2.13. The first-order valence-corrected chi connectivity index (χ1v) is 8.04. The van der Waals surface area contributed by atoms with Gasteiger partial charge in [0.25, 0.3) is 0 Å². The lowest BCUT2D eigenvalue weighted by Gasteiger charge is -2.07. The number of guanidine groups is 1. The first kappa shape index (κ1) is 20.4. The Kier molecular flexibility index (Phi) is 10.9. The highest BCUT2D eigenvalue weighted by atomic mass is 127. The Morgan fingerprint density at radius 2 is 1.54 bits per heavy atom. The van der Waals surface area contributed by atoms with E-state index < -0.39 is 0 Å². The van der Waals surface area contributed by atoms with Crippen molar-refractivity contribution in [2.45, 2.75) is 26.0 Å². The fraction of sp³-hybridized carbons (Fsp3) is 0.316. The van der Waals surface area contributed by atoms with Gasteiger partial charge >= 0.3 is 0 Å². The van der Waals surface area contributed by atoms with Crippen LogP contribution in [0.5, 0.6) is 0 Å². The molecule has 0 bridgehead atoms. The molecule has 0 amide bonds. The van der Waals surface area contributed by atoms with Gasteiger partial charge in [0.05, 0.1) is 13.2 Å². The number of benzene rings is 2. The molecule has 0 saturated carbocycles. The summed E-state index contributed by atoms with van der Waals surface area (Å²) in [5.74, 6) is 0.499. The van der Waals surface area contributed by atoms with E-state index in [-0.39, 0.29) is 24.0 Å². The Morgan fingerprint density at radius 1 is 0.917 bits per heavy atom. The summed E-state index contributed by atoms with van der Waals surface area (Å²) in [6, 6.07) is 20.3. The second kappa shape index (κ2) is 12.8. The van der Waals surface area contributed by atoms with Crippen LogP contribution < -0.4 is 11.1 Å². The van der Waals surface area contributed by atoms with Crippen molar-refractivity contribution in [3.63, 3.8) is 0 Å². The maximum atomic E-state index is 5.85. The second-order valence-corrected chi connectivity index (χ2v) is 5.36. The molecule has 0 heterocycles. The highest BCUT2D eigenvalue weighted by molar-refractivity contribution is 14.0. The van der Waals surface area contributed by atoms with Crippen LogP contribution >= 0.6 is 24.0 Å². The van der Waals surface area contributed by atoms with Crippen molar-refractivity contribution < 1.29 is 4.74 Å². The molecule has 0 atom stereocenters. The topological polar surface area (TPSA) is 59.6 Å². The van der Waals surface area contributed by atoms with Gasteiger partial charge in [0.1, 0.15) is 0 Å². The van der Waals surface area contributed by atoms with E-state index in [0.717, 1.165) is 31.6 Å². The molecule has 24 heavy (non-hydrogen) atoms. The van der Waals surface area contributed by atoms with Crippen LogP contribution in [0.15, 0.2) is 65.7 Å². The summed E-state index contributed by atoms with van der Waals surface area (Å²) in [5.41, 5.74) is 8.22. The highest BCUT2D eigenvalue weighted by Crippen LogP contribution is 2.01. The van der Waals surface area contributed by atoms with Crippen molar-refractivity contribution in [2.75, 3.05) is 13.2 Å². The van der Waals surface area contributed by atoms with Gasteiger partial charge in [-0.1, -0.05) is 60.7 Å². The Labute approximate surface area is 161 Å². The van der Waals surface area contributed by atoms with Crippen LogP contribution in [-0.2, 0) is 17.9 Å². The largest absolute Gasteiger partial charge is 0.377 e. The van der Waals surface area contributed by atoms with E-state index in [1.54, 1.807) is 0 Å².